The quantitative estimate of drug-likeness (QED) is 0.324. The van der Waals surface area contributed by atoms with E-state index in [1.54, 1.807) is 18.2 Å². The fourth-order valence-corrected chi connectivity index (χ4v) is 2.68. The summed E-state index contributed by atoms with van der Waals surface area (Å²) in [5.74, 6) is -2.33. The van der Waals surface area contributed by atoms with E-state index < -0.39 is 42.0 Å². The summed E-state index contributed by atoms with van der Waals surface area (Å²) < 4.78 is 28.6. The molecule has 0 saturated heterocycles. The summed E-state index contributed by atoms with van der Waals surface area (Å²) in [5.41, 5.74) is 0. The zero-order valence-electron chi connectivity index (χ0n) is 17.0. The average molecular weight is 469 g/mol. The second-order valence-electron chi connectivity index (χ2n) is 5.90. The molecule has 1 aromatic heterocycles. The number of nitrogens with one attached hydrogen (secondary N) is 1. The van der Waals surface area contributed by atoms with E-state index in [0.717, 1.165) is 6.92 Å². The minimum Gasteiger partial charge on any atom is -0.449 e. The van der Waals surface area contributed by atoms with Crippen LogP contribution in [0.1, 0.15) is 18.4 Å². The minimum absolute atomic E-state index is 0.0381. The van der Waals surface area contributed by atoms with E-state index in [0.29, 0.717) is 11.8 Å². The first kappa shape index (κ1) is 24.5. The Bertz CT molecular complexity index is 998. The molecule has 1 amide bonds. The molecule has 0 radical (unpaired) electrons. The molecule has 1 N–H and O–H groups in total. The zero-order valence-corrected chi connectivity index (χ0v) is 17.8. The molecule has 172 valence electrons. The lowest BCUT2D eigenvalue weighted by Crippen LogP contribution is -2.45. The van der Waals surface area contributed by atoms with Crippen LogP contribution in [0, 0.1) is 6.92 Å². The monoisotopic (exact) mass is 469 g/mol. The van der Waals surface area contributed by atoms with Gasteiger partial charge < -0.3 is 33.1 Å². The van der Waals surface area contributed by atoms with E-state index in [2.05, 4.69) is 19.2 Å². The minimum atomic E-state index is -1.31. The van der Waals surface area contributed by atoms with E-state index in [9.17, 15) is 24.0 Å². The molecule has 32 heavy (non-hydrogen) atoms. The summed E-state index contributed by atoms with van der Waals surface area (Å²) in [6.07, 6.45) is -1.08. The lowest BCUT2D eigenvalue weighted by molar-refractivity contribution is -0.149. The van der Waals surface area contributed by atoms with Gasteiger partial charge in [0.15, 0.2) is 18.1 Å². The molecule has 2 rings (SSSR count). The molecule has 1 heterocycles. The van der Waals surface area contributed by atoms with Crippen LogP contribution < -0.4 is 15.9 Å². The zero-order chi connectivity index (χ0) is 23.5. The number of aryl methyl sites for hydroxylation is 1. The SMILES string of the molecule is CC(=O)OCOC(=O)N[C@@H](CSC(=O)OCc1oc(=O)oc1C)C(=O)Oc1ccccc1. The maximum Gasteiger partial charge on any atom is 0.519 e. The van der Waals surface area contributed by atoms with Crippen LogP contribution in [-0.4, -0.2) is 41.9 Å². The fourth-order valence-electron chi connectivity index (χ4n) is 2.02. The van der Waals surface area contributed by atoms with Crippen LogP contribution in [-0.2, 0) is 30.4 Å². The Morgan fingerprint density at radius 1 is 1.06 bits per heavy atom. The number of amides is 1. The number of benzene rings is 1. The van der Waals surface area contributed by atoms with Gasteiger partial charge in [0.25, 0.3) is 0 Å². The summed E-state index contributed by atoms with van der Waals surface area (Å²) in [4.78, 5) is 58.1. The van der Waals surface area contributed by atoms with Gasteiger partial charge in [0.2, 0.25) is 6.79 Å². The second kappa shape index (κ2) is 12.2. The second-order valence-corrected chi connectivity index (χ2v) is 6.86. The molecule has 0 spiro atoms. The van der Waals surface area contributed by atoms with Crippen molar-refractivity contribution in [3.63, 3.8) is 0 Å². The Morgan fingerprint density at radius 2 is 1.78 bits per heavy atom. The van der Waals surface area contributed by atoms with Crippen LogP contribution in [0.2, 0.25) is 0 Å². The highest BCUT2D eigenvalue weighted by Crippen LogP contribution is 2.15. The van der Waals surface area contributed by atoms with Gasteiger partial charge in [-0.25, -0.2) is 19.2 Å². The lowest BCUT2D eigenvalue weighted by Gasteiger charge is -2.16. The van der Waals surface area contributed by atoms with Crippen LogP contribution in [0.3, 0.4) is 0 Å². The van der Waals surface area contributed by atoms with E-state index >= 15 is 0 Å². The molecular weight excluding hydrogens is 450 g/mol. The maximum atomic E-state index is 12.5. The number of hydrogen-bond donors (Lipinski definition) is 1. The largest absolute Gasteiger partial charge is 0.519 e. The van der Waals surface area contributed by atoms with Crippen molar-refractivity contribution >= 4 is 35.1 Å². The van der Waals surface area contributed by atoms with E-state index in [1.807, 2.05) is 0 Å². The number of esters is 2. The number of carbonyl (C=O) groups is 4. The Balaban J connectivity index is 1.93. The lowest BCUT2D eigenvalue weighted by atomic mass is 10.3. The van der Waals surface area contributed by atoms with Gasteiger partial charge in [0, 0.05) is 12.7 Å². The van der Waals surface area contributed by atoms with Crippen molar-refractivity contribution in [1.82, 2.24) is 5.32 Å². The van der Waals surface area contributed by atoms with Gasteiger partial charge in [-0.05, 0) is 30.8 Å². The fraction of sp³-hybridized carbons (Fsp3) is 0.316. The Morgan fingerprint density at radius 3 is 2.41 bits per heavy atom. The van der Waals surface area contributed by atoms with E-state index in [1.165, 1.54) is 19.1 Å². The van der Waals surface area contributed by atoms with Crippen LogP contribution in [0.15, 0.2) is 44.0 Å². The van der Waals surface area contributed by atoms with Crippen molar-refractivity contribution in [3.8, 4) is 5.75 Å². The van der Waals surface area contributed by atoms with Gasteiger partial charge in [0.05, 0.1) is 0 Å². The molecule has 12 nitrogen and oxygen atoms in total. The topological polar surface area (TPSA) is 161 Å². The molecule has 0 fully saturated rings. The molecule has 0 aliphatic rings. The number of thioether (sulfide) groups is 1. The number of para-hydroxylation sites is 1. The van der Waals surface area contributed by atoms with Crippen molar-refractivity contribution in [3.05, 3.63) is 52.5 Å². The highest BCUT2D eigenvalue weighted by molar-refractivity contribution is 8.13. The van der Waals surface area contributed by atoms with Crippen molar-refractivity contribution < 1.29 is 47.0 Å². The standard InChI is InChI=1S/C19H19NO11S/c1-11-15(31-18(24)29-11)8-26-19(25)32-9-14(20-17(23)28-10-27-12(2)21)16(22)30-13-6-4-3-5-7-13/h3-7,14H,8-10H2,1-2H3,(H,20,23)/t14-/m0/s1. The molecule has 1 aromatic carbocycles. The molecule has 0 bridgehead atoms. The first-order valence-electron chi connectivity index (χ1n) is 8.97. The van der Waals surface area contributed by atoms with Crippen LogP contribution in [0.25, 0.3) is 0 Å². The third kappa shape index (κ3) is 8.55. The van der Waals surface area contributed by atoms with Crippen molar-refractivity contribution in [2.45, 2.75) is 26.5 Å². The van der Waals surface area contributed by atoms with E-state index in [4.69, 9.17) is 13.9 Å². The summed E-state index contributed by atoms with van der Waals surface area (Å²) in [5, 5.41) is 1.40. The predicted octanol–water partition coefficient (Wildman–Crippen LogP) is 2.13. The molecule has 0 aliphatic carbocycles. The van der Waals surface area contributed by atoms with Crippen LogP contribution in [0.4, 0.5) is 9.59 Å². The van der Waals surface area contributed by atoms with E-state index in [-0.39, 0.29) is 29.6 Å². The van der Waals surface area contributed by atoms with Gasteiger partial charge in [0.1, 0.15) is 11.8 Å². The van der Waals surface area contributed by atoms with Crippen molar-refractivity contribution in [2.75, 3.05) is 12.5 Å². The van der Waals surface area contributed by atoms with Gasteiger partial charge in [-0.2, -0.15) is 0 Å². The predicted molar refractivity (Wildman–Crippen MR) is 107 cm³/mol. The third-order valence-corrected chi connectivity index (χ3v) is 4.37. The first-order valence-corrected chi connectivity index (χ1v) is 9.95. The highest BCUT2D eigenvalue weighted by atomic mass is 32.2. The number of hydrogen-bond acceptors (Lipinski definition) is 12. The van der Waals surface area contributed by atoms with Crippen molar-refractivity contribution in [1.29, 1.82) is 0 Å². The van der Waals surface area contributed by atoms with Gasteiger partial charge in [-0.15, -0.1) is 0 Å². The van der Waals surface area contributed by atoms with Crippen molar-refractivity contribution in [2.24, 2.45) is 0 Å². The Hall–Kier alpha value is -3.74. The molecule has 0 saturated carbocycles. The number of rotatable bonds is 9. The number of carbonyl (C=O) groups excluding carboxylic acids is 4. The molecular formula is C19H19NO11S. The van der Waals surface area contributed by atoms with Crippen LogP contribution in [0.5, 0.6) is 5.75 Å². The molecule has 2 aromatic rings. The summed E-state index contributed by atoms with van der Waals surface area (Å²) in [6, 6.07) is 6.73. The molecule has 13 heteroatoms. The maximum absolute atomic E-state index is 12.5. The number of alkyl carbamates (subject to hydrolysis) is 1. The molecule has 0 aliphatic heterocycles. The smallest absolute Gasteiger partial charge is 0.449 e. The summed E-state index contributed by atoms with van der Waals surface area (Å²) in [7, 11) is 0. The molecule has 0 unspecified atom stereocenters. The first-order chi connectivity index (χ1) is 15.2. The van der Waals surface area contributed by atoms with Gasteiger partial charge >= 0.3 is 29.2 Å². The van der Waals surface area contributed by atoms with Crippen LogP contribution >= 0.6 is 11.8 Å². The molecule has 1 atom stereocenters. The Labute approximate surface area is 185 Å². The average Bonchev–Trinajstić information content (AvgIpc) is 3.06. The summed E-state index contributed by atoms with van der Waals surface area (Å²) in [6.45, 7) is 1.56. The third-order valence-electron chi connectivity index (χ3n) is 3.52. The normalized spacial score (nSPS) is 11.2. The Kier molecular flexibility index (Phi) is 9.35. The number of ether oxygens (including phenoxy) is 4. The van der Waals surface area contributed by atoms with Gasteiger partial charge in [-0.1, -0.05) is 18.2 Å². The summed E-state index contributed by atoms with van der Waals surface area (Å²) >= 11 is 0.558. The highest BCUT2D eigenvalue weighted by Gasteiger charge is 2.26. The van der Waals surface area contributed by atoms with Gasteiger partial charge in [-0.3, -0.25) is 4.79 Å².